The van der Waals surface area contributed by atoms with Crippen molar-refractivity contribution in [3.05, 3.63) is 48.2 Å². The van der Waals surface area contributed by atoms with Gasteiger partial charge >= 0.3 is 0 Å². The zero-order chi connectivity index (χ0) is 13.9. The first-order valence-corrected chi connectivity index (χ1v) is 6.18. The maximum Gasteiger partial charge on any atom is 0.258 e. The number of benzene rings is 1. The largest absolute Gasteiger partial charge is 0.497 e. The Morgan fingerprint density at radius 1 is 1.15 bits per heavy atom. The number of hydrogen-bond acceptors (Lipinski definition) is 5. The summed E-state index contributed by atoms with van der Waals surface area (Å²) in [5.41, 5.74) is 2.55. The van der Waals surface area contributed by atoms with Gasteiger partial charge in [0.05, 0.1) is 7.11 Å². The van der Waals surface area contributed by atoms with E-state index in [1.165, 1.54) is 0 Å². The van der Waals surface area contributed by atoms with Crippen LogP contribution in [0.1, 0.15) is 5.56 Å². The first kappa shape index (κ1) is 12.3. The molecule has 0 radical (unpaired) electrons. The first-order valence-electron chi connectivity index (χ1n) is 6.18. The summed E-state index contributed by atoms with van der Waals surface area (Å²) in [6.45, 7) is 1.96. The molecule has 0 saturated heterocycles. The van der Waals surface area contributed by atoms with Crippen LogP contribution in [0.5, 0.6) is 5.75 Å². The highest BCUT2D eigenvalue weighted by molar-refractivity contribution is 5.60. The van der Waals surface area contributed by atoms with Crippen molar-refractivity contribution in [3.63, 3.8) is 0 Å². The van der Waals surface area contributed by atoms with Gasteiger partial charge in [-0.15, -0.1) is 0 Å². The Morgan fingerprint density at radius 3 is 2.85 bits per heavy atom. The maximum absolute atomic E-state index is 5.30. The standard InChI is InChI=1S/C15H13N3O2/c1-10-5-4-8-16-13(10)14-17-15(20-18-14)11-6-3-7-12(9-11)19-2/h3-9H,1-2H3. The van der Waals surface area contributed by atoms with Crippen LogP contribution in [0.4, 0.5) is 0 Å². The van der Waals surface area contributed by atoms with Crippen molar-refractivity contribution in [2.24, 2.45) is 0 Å². The summed E-state index contributed by atoms with van der Waals surface area (Å²) in [5, 5.41) is 3.99. The van der Waals surface area contributed by atoms with Gasteiger partial charge in [0.1, 0.15) is 11.4 Å². The highest BCUT2D eigenvalue weighted by Crippen LogP contribution is 2.25. The van der Waals surface area contributed by atoms with Crippen molar-refractivity contribution >= 4 is 0 Å². The lowest BCUT2D eigenvalue weighted by Crippen LogP contribution is -1.89. The quantitative estimate of drug-likeness (QED) is 0.729. The molecule has 100 valence electrons. The third-order valence-electron chi connectivity index (χ3n) is 2.96. The summed E-state index contributed by atoms with van der Waals surface area (Å²) in [6.07, 6.45) is 1.71. The molecule has 2 heterocycles. The predicted octanol–water partition coefficient (Wildman–Crippen LogP) is 3.12. The summed E-state index contributed by atoms with van der Waals surface area (Å²) in [5.74, 6) is 1.68. The van der Waals surface area contributed by atoms with E-state index in [9.17, 15) is 0 Å². The van der Waals surface area contributed by atoms with E-state index in [4.69, 9.17) is 9.26 Å². The van der Waals surface area contributed by atoms with E-state index in [0.29, 0.717) is 11.7 Å². The molecule has 0 unspecified atom stereocenters. The molecule has 2 aromatic heterocycles. The lowest BCUT2D eigenvalue weighted by atomic mass is 10.2. The number of nitrogens with zero attached hydrogens (tertiary/aromatic N) is 3. The Kier molecular flexibility index (Phi) is 3.16. The van der Waals surface area contributed by atoms with Gasteiger partial charge in [-0.2, -0.15) is 4.98 Å². The topological polar surface area (TPSA) is 61.0 Å². The summed E-state index contributed by atoms with van der Waals surface area (Å²) in [6, 6.07) is 11.3. The SMILES string of the molecule is COc1cccc(-c2nc(-c3ncccc3C)no2)c1. The molecule has 0 aliphatic rings. The molecule has 0 saturated carbocycles. The minimum absolute atomic E-state index is 0.448. The van der Waals surface area contributed by atoms with E-state index in [-0.39, 0.29) is 0 Å². The molecular formula is C15H13N3O2. The van der Waals surface area contributed by atoms with Gasteiger partial charge in [-0.25, -0.2) is 0 Å². The summed E-state index contributed by atoms with van der Waals surface area (Å²) in [7, 11) is 1.62. The van der Waals surface area contributed by atoms with Crippen molar-refractivity contribution in [1.29, 1.82) is 0 Å². The fraction of sp³-hybridized carbons (Fsp3) is 0.133. The average Bonchev–Trinajstić information content (AvgIpc) is 2.97. The number of aromatic nitrogens is 3. The number of aryl methyl sites for hydroxylation is 1. The molecule has 0 atom stereocenters. The molecule has 20 heavy (non-hydrogen) atoms. The normalized spacial score (nSPS) is 10.5. The van der Waals surface area contributed by atoms with E-state index in [0.717, 1.165) is 22.6 Å². The molecule has 0 aliphatic carbocycles. The molecule has 1 aromatic carbocycles. The fourth-order valence-electron chi connectivity index (χ4n) is 1.91. The third-order valence-corrected chi connectivity index (χ3v) is 2.96. The van der Waals surface area contributed by atoms with E-state index in [1.54, 1.807) is 13.3 Å². The molecule has 0 fully saturated rings. The summed E-state index contributed by atoms with van der Waals surface area (Å²) >= 11 is 0. The van der Waals surface area contributed by atoms with Crippen LogP contribution in [0.15, 0.2) is 47.1 Å². The number of pyridine rings is 1. The van der Waals surface area contributed by atoms with Crippen LogP contribution < -0.4 is 4.74 Å². The van der Waals surface area contributed by atoms with Crippen LogP contribution >= 0.6 is 0 Å². The molecule has 0 spiro atoms. The molecule has 0 bridgehead atoms. The van der Waals surface area contributed by atoms with Gasteiger partial charge in [0.25, 0.3) is 5.89 Å². The van der Waals surface area contributed by atoms with Crippen LogP contribution in [0.2, 0.25) is 0 Å². The van der Waals surface area contributed by atoms with Crippen LogP contribution in [0, 0.1) is 6.92 Å². The van der Waals surface area contributed by atoms with Crippen molar-refractivity contribution in [2.75, 3.05) is 7.11 Å². The average molecular weight is 267 g/mol. The van der Waals surface area contributed by atoms with Gasteiger partial charge in [0.2, 0.25) is 5.82 Å². The van der Waals surface area contributed by atoms with Crippen LogP contribution in [0.25, 0.3) is 23.0 Å². The molecule has 5 heteroatoms. The summed E-state index contributed by atoms with van der Waals surface area (Å²) < 4.78 is 10.5. The molecular weight excluding hydrogens is 254 g/mol. The molecule has 3 aromatic rings. The van der Waals surface area contributed by atoms with Crippen LogP contribution in [-0.4, -0.2) is 22.2 Å². The second-order valence-electron chi connectivity index (χ2n) is 4.32. The maximum atomic E-state index is 5.30. The van der Waals surface area contributed by atoms with Crippen molar-refractivity contribution in [1.82, 2.24) is 15.1 Å². The number of methoxy groups -OCH3 is 1. The van der Waals surface area contributed by atoms with Crippen LogP contribution in [-0.2, 0) is 0 Å². The molecule has 0 amide bonds. The summed E-state index contributed by atoms with van der Waals surface area (Å²) in [4.78, 5) is 8.67. The molecule has 0 N–H and O–H groups in total. The van der Waals surface area contributed by atoms with Gasteiger partial charge < -0.3 is 9.26 Å². The van der Waals surface area contributed by atoms with E-state index < -0.39 is 0 Å². The fourth-order valence-corrected chi connectivity index (χ4v) is 1.91. The third kappa shape index (κ3) is 2.25. The van der Waals surface area contributed by atoms with E-state index in [1.807, 2.05) is 43.3 Å². The second-order valence-corrected chi connectivity index (χ2v) is 4.32. The Labute approximate surface area is 116 Å². The minimum atomic E-state index is 0.448. The number of hydrogen-bond donors (Lipinski definition) is 0. The highest BCUT2D eigenvalue weighted by atomic mass is 16.5. The predicted molar refractivity (Wildman–Crippen MR) is 74.3 cm³/mol. The van der Waals surface area contributed by atoms with Gasteiger partial charge in [0, 0.05) is 11.8 Å². The number of ether oxygens (including phenoxy) is 1. The first-order chi connectivity index (χ1) is 9.78. The smallest absolute Gasteiger partial charge is 0.258 e. The lowest BCUT2D eigenvalue weighted by Gasteiger charge is -2.00. The molecule has 0 aliphatic heterocycles. The number of rotatable bonds is 3. The van der Waals surface area contributed by atoms with Crippen molar-refractivity contribution < 1.29 is 9.26 Å². The van der Waals surface area contributed by atoms with Crippen LogP contribution in [0.3, 0.4) is 0 Å². The Balaban J connectivity index is 2.00. The zero-order valence-electron chi connectivity index (χ0n) is 11.2. The lowest BCUT2D eigenvalue weighted by molar-refractivity contribution is 0.413. The van der Waals surface area contributed by atoms with Gasteiger partial charge in [-0.1, -0.05) is 17.3 Å². The van der Waals surface area contributed by atoms with E-state index in [2.05, 4.69) is 15.1 Å². The molecule has 3 rings (SSSR count). The van der Waals surface area contributed by atoms with Crippen molar-refractivity contribution in [3.8, 4) is 28.7 Å². The van der Waals surface area contributed by atoms with Gasteiger partial charge in [-0.05, 0) is 36.8 Å². The highest BCUT2D eigenvalue weighted by Gasteiger charge is 2.13. The zero-order valence-corrected chi connectivity index (χ0v) is 11.2. The monoisotopic (exact) mass is 267 g/mol. The Morgan fingerprint density at radius 2 is 2.05 bits per heavy atom. The Bertz CT molecular complexity index is 737. The molecule has 5 nitrogen and oxygen atoms in total. The Hall–Kier alpha value is -2.69. The minimum Gasteiger partial charge on any atom is -0.497 e. The van der Waals surface area contributed by atoms with Gasteiger partial charge in [0.15, 0.2) is 0 Å². The van der Waals surface area contributed by atoms with Crippen molar-refractivity contribution in [2.45, 2.75) is 6.92 Å². The van der Waals surface area contributed by atoms with Gasteiger partial charge in [-0.3, -0.25) is 4.98 Å². The second kappa shape index (κ2) is 5.13. The van der Waals surface area contributed by atoms with E-state index >= 15 is 0 Å².